The molecule has 0 aliphatic heterocycles. The van der Waals surface area contributed by atoms with E-state index in [1.54, 1.807) is 22.3 Å². The van der Waals surface area contributed by atoms with Gasteiger partial charge in [-0.15, -0.1) is 0 Å². The van der Waals surface area contributed by atoms with Gasteiger partial charge in [-0.05, 0) is 78.0 Å². The Bertz CT molecular complexity index is 655. The first kappa shape index (κ1) is 18.2. The van der Waals surface area contributed by atoms with E-state index in [1.807, 2.05) is 0 Å². The van der Waals surface area contributed by atoms with Crippen LogP contribution in [0.1, 0.15) is 56.4 Å². The van der Waals surface area contributed by atoms with Gasteiger partial charge in [-0.2, -0.15) is 0 Å². The SMILES string of the molecule is CC(C)C1CCc2ccccc2C1.CC(C)C1Cc2ccccc2C1. The molecule has 1 atom stereocenters. The van der Waals surface area contributed by atoms with Crippen LogP contribution in [0.15, 0.2) is 48.5 Å². The molecule has 2 aliphatic rings. The highest BCUT2D eigenvalue weighted by Crippen LogP contribution is 2.31. The average Bonchev–Trinajstić information content (AvgIpc) is 3.06. The molecule has 2 aromatic carbocycles. The number of fused-ring (bicyclic) bond motifs is 2. The molecule has 0 spiro atoms. The van der Waals surface area contributed by atoms with Gasteiger partial charge in [0.1, 0.15) is 0 Å². The predicted molar refractivity (Wildman–Crippen MR) is 109 cm³/mol. The summed E-state index contributed by atoms with van der Waals surface area (Å²) < 4.78 is 0. The van der Waals surface area contributed by atoms with Gasteiger partial charge in [0.25, 0.3) is 0 Å². The first-order valence-electron chi connectivity index (χ1n) is 10.2. The first-order chi connectivity index (χ1) is 12.0. The highest BCUT2D eigenvalue weighted by molar-refractivity contribution is 5.32. The van der Waals surface area contributed by atoms with Crippen molar-refractivity contribution in [1.29, 1.82) is 0 Å². The predicted octanol–water partition coefficient (Wildman–Crippen LogP) is 6.50. The minimum absolute atomic E-state index is 0.831. The van der Waals surface area contributed by atoms with Crippen LogP contribution < -0.4 is 0 Å². The molecular weight excluding hydrogens is 300 g/mol. The third kappa shape index (κ3) is 4.54. The number of hydrogen-bond donors (Lipinski definition) is 0. The summed E-state index contributed by atoms with van der Waals surface area (Å²) in [6.45, 7) is 9.35. The number of rotatable bonds is 2. The van der Waals surface area contributed by atoms with Crippen molar-refractivity contribution >= 4 is 0 Å². The second-order valence-corrected chi connectivity index (χ2v) is 8.70. The number of aryl methyl sites for hydroxylation is 1. The van der Waals surface area contributed by atoms with Crippen molar-refractivity contribution in [3.8, 4) is 0 Å². The summed E-state index contributed by atoms with van der Waals surface area (Å²) in [5.74, 6) is 3.48. The van der Waals surface area contributed by atoms with Crippen molar-refractivity contribution < 1.29 is 0 Å². The Morgan fingerprint density at radius 3 is 1.48 bits per heavy atom. The van der Waals surface area contributed by atoms with Gasteiger partial charge >= 0.3 is 0 Å². The van der Waals surface area contributed by atoms with Crippen LogP contribution in [0, 0.1) is 23.7 Å². The third-order valence-electron chi connectivity index (χ3n) is 6.35. The molecule has 0 heteroatoms. The Morgan fingerprint density at radius 1 is 0.600 bits per heavy atom. The fourth-order valence-corrected chi connectivity index (χ4v) is 4.36. The molecular formula is C25H34. The molecule has 0 saturated carbocycles. The molecule has 134 valence electrons. The highest BCUT2D eigenvalue weighted by Gasteiger charge is 2.23. The van der Waals surface area contributed by atoms with Gasteiger partial charge in [0.05, 0.1) is 0 Å². The van der Waals surface area contributed by atoms with Crippen molar-refractivity contribution in [2.24, 2.45) is 23.7 Å². The fraction of sp³-hybridized carbons (Fsp3) is 0.520. The van der Waals surface area contributed by atoms with Crippen molar-refractivity contribution in [2.45, 2.75) is 59.8 Å². The minimum atomic E-state index is 0.831. The maximum absolute atomic E-state index is 2.35. The number of hydrogen-bond acceptors (Lipinski definition) is 0. The Hall–Kier alpha value is -1.56. The van der Waals surface area contributed by atoms with Gasteiger partial charge in [0.2, 0.25) is 0 Å². The summed E-state index contributed by atoms with van der Waals surface area (Å²) in [7, 11) is 0. The van der Waals surface area contributed by atoms with E-state index < -0.39 is 0 Å². The monoisotopic (exact) mass is 334 g/mol. The zero-order valence-electron chi connectivity index (χ0n) is 16.5. The molecule has 0 N–H and O–H groups in total. The van der Waals surface area contributed by atoms with Crippen LogP contribution >= 0.6 is 0 Å². The van der Waals surface area contributed by atoms with Crippen molar-refractivity contribution in [1.82, 2.24) is 0 Å². The van der Waals surface area contributed by atoms with Gasteiger partial charge in [0.15, 0.2) is 0 Å². The maximum Gasteiger partial charge on any atom is -0.0242 e. The number of benzene rings is 2. The lowest BCUT2D eigenvalue weighted by Gasteiger charge is -2.27. The smallest absolute Gasteiger partial charge is 0.0242 e. The van der Waals surface area contributed by atoms with E-state index in [-0.39, 0.29) is 0 Å². The third-order valence-corrected chi connectivity index (χ3v) is 6.35. The summed E-state index contributed by atoms with van der Waals surface area (Å²) in [4.78, 5) is 0. The van der Waals surface area contributed by atoms with Crippen LogP contribution in [0.5, 0.6) is 0 Å². The van der Waals surface area contributed by atoms with Crippen LogP contribution in [0.4, 0.5) is 0 Å². The van der Waals surface area contributed by atoms with Crippen LogP contribution in [-0.4, -0.2) is 0 Å². The van der Waals surface area contributed by atoms with E-state index in [2.05, 4.69) is 76.2 Å². The van der Waals surface area contributed by atoms with E-state index in [4.69, 9.17) is 0 Å². The zero-order chi connectivity index (χ0) is 17.8. The molecule has 0 bridgehead atoms. The summed E-state index contributed by atoms with van der Waals surface area (Å²) in [5.41, 5.74) is 6.33. The molecule has 0 radical (unpaired) electrons. The molecule has 0 fully saturated rings. The topological polar surface area (TPSA) is 0 Å². The van der Waals surface area contributed by atoms with Crippen LogP contribution in [-0.2, 0) is 25.7 Å². The molecule has 2 aliphatic carbocycles. The van der Waals surface area contributed by atoms with Gasteiger partial charge in [-0.1, -0.05) is 76.2 Å². The molecule has 0 saturated heterocycles. The van der Waals surface area contributed by atoms with Crippen molar-refractivity contribution in [3.05, 3.63) is 70.8 Å². The van der Waals surface area contributed by atoms with E-state index in [1.165, 1.54) is 32.1 Å². The van der Waals surface area contributed by atoms with Gasteiger partial charge in [-0.3, -0.25) is 0 Å². The lowest BCUT2D eigenvalue weighted by molar-refractivity contribution is 0.343. The lowest BCUT2D eigenvalue weighted by atomic mass is 9.78. The highest BCUT2D eigenvalue weighted by atomic mass is 14.3. The second-order valence-electron chi connectivity index (χ2n) is 8.70. The normalized spacial score (nSPS) is 19.4. The molecule has 0 nitrogen and oxygen atoms in total. The Morgan fingerprint density at radius 2 is 1.00 bits per heavy atom. The molecule has 4 rings (SSSR count). The van der Waals surface area contributed by atoms with Gasteiger partial charge in [-0.25, -0.2) is 0 Å². The van der Waals surface area contributed by atoms with Crippen LogP contribution in [0.25, 0.3) is 0 Å². The van der Waals surface area contributed by atoms with Crippen molar-refractivity contribution in [2.75, 3.05) is 0 Å². The Kier molecular flexibility index (Phi) is 5.99. The molecule has 0 aromatic heterocycles. The van der Waals surface area contributed by atoms with Gasteiger partial charge in [0, 0.05) is 0 Å². The second kappa shape index (κ2) is 8.21. The summed E-state index contributed by atoms with van der Waals surface area (Å²) in [5, 5.41) is 0. The van der Waals surface area contributed by atoms with E-state index >= 15 is 0 Å². The Balaban J connectivity index is 0.000000146. The summed E-state index contributed by atoms with van der Waals surface area (Å²) in [6, 6.07) is 17.8. The largest absolute Gasteiger partial charge is 0.0625 e. The van der Waals surface area contributed by atoms with E-state index in [0.29, 0.717) is 0 Å². The molecule has 0 amide bonds. The van der Waals surface area contributed by atoms with E-state index in [0.717, 1.165) is 23.7 Å². The van der Waals surface area contributed by atoms with Crippen molar-refractivity contribution in [3.63, 3.8) is 0 Å². The summed E-state index contributed by atoms with van der Waals surface area (Å²) >= 11 is 0. The maximum atomic E-state index is 2.35. The minimum Gasteiger partial charge on any atom is -0.0625 e. The Labute approximate surface area is 154 Å². The molecule has 1 unspecified atom stereocenters. The van der Waals surface area contributed by atoms with E-state index in [9.17, 15) is 0 Å². The van der Waals surface area contributed by atoms with Crippen LogP contribution in [0.3, 0.4) is 0 Å². The quantitative estimate of drug-likeness (QED) is 0.587. The van der Waals surface area contributed by atoms with Gasteiger partial charge < -0.3 is 0 Å². The standard InChI is InChI=1S/C13H18.C12H16/c1-10(2)12-8-7-11-5-3-4-6-13(11)9-12;1-9(2)12-7-10-5-3-4-6-11(10)8-12/h3-6,10,12H,7-9H2,1-2H3;3-6,9,12H,7-8H2,1-2H3. The first-order valence-corrected chi connectivity index (χ1v) is 10.2. The lowest BCUT2D eigenvalue weighted by Crippen LogP contribution is -2.18. The van der Waals surface area contributed by atoms with Crippen LogP contribution in [0.2, 0.25) is 0 Å². The average molecular weight is 335 g/mol. The molecule has 2 aromatic rings. The zero-order valence-corrected chi connectivity index (χ0v) is 16.5. The summed E-state index contributed by atoms with van der Waals surface area (Å²) in [6.07, 6.45) is 6.57. The molecule has 25 heavy (non-hydrogen) atoms. The molecule has 0 heterocycles. The fourth-order valence-electron chi connectivity index (χ4n) is 4.36.